The van der Waals surface area contributed by atoms with E-state index in [1.807, 2.05) is 13.8 Å². The first-order valence-electron chi connectivity index (χ1n) is 4.41. The molecule has 0 amide bonds. The Hall–Kier alpha value is -0.400. The summed E-state index contributed by atoms with van der Waals surface area (Å²) in [7, 11) is 2.58. The van der Waals surface area contributed by atoms with Crippen molar-refractivity contribution in [3.05, 3.63) is 11.6 Å². The van der Waals surface area contributed by atoms with Crippen LogP contribution in [0.3, 0.4) is 0 Å². The number of rotatable bonds is 5. The average molecular weight is 203 g/mol. The highest BCUT2D eigenvalue weighted by molar-refractivity contribution is 7.16. The van der Waals surface area contributed by atoms with E-state index in [2.05, 4.69) is 9.24 Å². The molecular formula is C9H18NO2P. The van der Waals surface area contributed by atoms with Gasteiger partial charge < -0.3 is 10.5 Å². The lowest BCUT2D eigenvalue weighted by atomic mass is 10.2. The smallest absolute Gasteiger partial charge is 0.326 e. The lowest BCUT2D eigenvalue weighted by molar-refractivity contribution is -0.143. The normalized spacial score (nSPS) is 14.0. The zero-order valence-electron chi connectivity index (χ0n) is 8.25. The number of esters is 1. The summed E-state index contributed by atoms with van der Waals surface area (Å²) in [5.41, 5.74) is 6.65. The third-order valence-corrected chi connectivity index (χ3v) is 2.15. The number of hydrogen-bond donors (Lipinski definition) is 1. The molecule has 0 radical (unpaired) electrons. The molecule has 2 atom stereocenters. The molecule has 0 rings (SSSR count). The SMILES string of the molecule is CCCOC(=O)C(N)C=C(C)CP. The van der Waals surface area contributed by atoms with E-state index in [4.69, 9.17) is 10.5 Å². The molecule has 0 saturated carbocycles. The Bertz CT molecular complexity index is 192. The number of hydrogen-bond acceptors (Lipinski definition) is 3. The molecule has 0 aromatic rings. The molecule has 0 aliphatic rings. The monoisotopic (exact) mass is 203 g/mol. The molecule has 0 aliphatic carbocycles. The maximum absolute atomic E-state index is 11.2. The molecule has 0 fully saturated rings. The molecule has 0 aromatic carbocycles. The van der Waals surface area contributed by atoms with Crippen LogP contribution < -0.4 is 5.73 Å². The van der Waals surface area contributed by atoms with E-state index < -0.39 is 6.04 Å². The zero-order valence-corrected chi connectivity index (χ0v) is 9.40. The molecule has 0 aromatic heterocycles. The van der Waals surface area contributed by atoms with Gasteiger partial charge in [0.2, 0.25) is 0 Å². The van der Waals surface area contributed by atoms with E-state index in [1.165, 1.54) is 0 Å². The van der Waals surface area contributed by atoms with Crippen LogP contribution in [-0.4, -0.2) is 24.8 Å². The highest BCUT2D eigenvalue weighted by Gasteiger charge is 2.11. The van der Waals surface area contributed by atoms with Gasteiger partial charge in [-0.25, -0.2) is 0 Å². The Kier molecular flexibility index (Phi) is 6.83. The Morgan fingerprint density at radius 1 is 1.69 bits per heavy atom. The Morgan fingerprint density at radius 3 is 2.77 bits per heavy atom. The van der Waals surface area contributed by atoms with Gasteiger partial charge in [-0.2, -0.15) is 0 Å². The van der Waals surface area contributed by atoms with E-state index in [9.17, 15) is 4.79 Å². The lowest BCUT2D eigenvalue weighted by Gasteiger charge is -2.07. The molecule has 0 heterocycles. The summed E-state index contributed by atoms with van der Waals surface area (Å²) < 4.78 is 4.88. The Labute approximate surface area is 81.9 Å². The molecule has 2 N–H and O–H groups in total. The predicted molar refractivity (Wildman–Crippen MR) is 57.6 cm³/mol. The van der Waals surface area contributed by atoms with Gasteiger partial charge in [0.15, 0.2) is 0 Å². The van der Waals surface area contributed by atoms with Gasteiger partial charge in [0, 0.05) is 0 Å². The second-order valence-electron chi connectivity index (χ2n) is 2.91. The van der Waals surface area contributed by atoms with Crippen molar-refractivity contribution in [2.45, 2.75) is 26.3 Å². The minimum Gasteiger partial charge on any atom is -0.464 e. The van der Waals surface area contributed by atoms with Crippen LogP contribution in [0.4, 0.5) is 0 Å². The average Bonchev–Trinajstić information content (AvgIpc) is 2.13. The number of ether oxygens (including phenoxy) is 1. The van der Waals surface area contributed by atoms with Crippen molar-refractivity contribution < 1.29 is 9.53 Å². The maximum atomic E-state index is 11.2. The molecule has 13 heavy (non-hydrogen) atoms. The number of carbonyl (C=O) groups excluding carboxylic acids is 1. The van der Waals surface area contributed by atoms with Gasteiger partial charge >= 0.3 is 5.97 Å². The first-order valence-corrected chi connectivity index (χ1v) is 5.23. The van der Waals surface area contributed by atoms with Crippen molar-refractivity contribution in [2.24, 2.45) is 5.73 Å². The third kappa shape index (κ3) is 5.78. The highest BCUT2D eigenvalue weighted by atomic mass is 31.0. The molecule has 4 heteroatoms. The molecule has 76 valence electrons. The summed E-state index contributed by atoms with van der Waals surface area (Å²) in [5.74, 6) is -0.348. The number of carbonyl (C=O) groups is 1. The van der Waals surface area contributed by atoms with Crippen molar-refractivity contribution in [1.82, 2.24) is 0 Å². The standard InChI is InChI=1S/C9H18NO2P/c1-3-4-12-9(11)8(10)5-7(2)6-13/h5,8H,3-4,6,10,13H2,1-2H3. The van der Waals surface area contributed by atoms with Crippen LogP contribution in [0.5, 0.6) is 0 Å². The van der Waals surface area contributed by atoms with Crippen LogP contribution in [0.15, 0.2) is 11.6 Å². The molecule has 0 bridgehead atoms. The summed E-state index contributed by atoms with van der Waals surface area (Å²) in [6, 6.07) is -0.618. The first-order chi connectivity index (χ1) is 6.11. The van der Waals surface area contributed by atoms with E-state index >= 15 is 0 Å². The van der Waals surface area contributed by atoms with Crippen molar-refractivity contribution >= 4 is 15.2 Å². The molecule has 0 saturated heterocycles. The number of nitrogens with two attached hydrogens (primary N) is 1. The summed E-state index contributed by atoms with van der Waals surface area (Å²) >= 11 is 0. The van der Waals surface area contributed by atoms with E-state index in [-0.39, 0.29) is 5.97 Å². The fraction of sp³-hybridized carbons (Fsp3) is 0.667. The van der Waals surface area contributed by atoms with Crippen LogP contribution in [0.1, 0.15) is 20.3 Å². The maximum Gasteiger partial charge on any atom is 0.326 e. The quantitative estimate of drug-likeness (QED) is 0.413. The van der Waals surface area contributed by atoms with Gasteiger partial charge in [0.25, 0.3) is 0 Å². The minimum atomic E-state index is -0.618. The predicted octanol–water partition coefficient (Wildman–Crippen LogP) is 1.09. The second-order valence-corrected chi connectivity index (χ2v) is 3.32. The zero-order chi connectivity index (χ0) is 10.3. The van der Waals surface area contributed by atoms with Gasteiger partial charge in [-0.15, -0.1) is 9.24 Å². The fourth-order valence-corrected chi connectivity index (χ4v) is 0.878. The minimum absolute atomic E-state index is 0.348. The van der Waals surface area contributed by atoms with Gasteiger partial charge in [0.1, 0.15) is 6.04 Å². The van der Waals surface area contributed by atoms with Crippen molar-refractivity contribution in [3.8, 4) is 0 Å². The number of allylic oxidation sites excluding steroid dienone is 1. The molecule has 0 aliphatic heterocycles. The second kappa shape index (κ2) is 7.05. The Balaban J connectivity index is 3.95. The summed E-state index contributed by atoms with van der Waals surface area (Å²) in [5, 5.41) is 0. The van der Waals surface area contributed by atoms with Crippen LogP contribution in [0.2, 0.25) is 0 Å². The van der Waals surface area contributed by atoms with Crippen LogP contribution in [0, 0.1) is 0 Å². The first kappa shape index (κ1) is 12.6. The van der Waals surface area contributed by atoms with Crippen molar-refractivity contribution in [3.63, 3.8) is 0 Å². The van der Waals surface area contributed by atoms with Gasteiger partial charge in [-0.1, -0.05) is 18.6 Å². The van der Waals surface area contributed by atoms with Gasteiger partial charge in [-0.3, -0.25) is 4.79 Å². The lowest BCUT2D eigenvalue weighted by Crippen LogP contribution is -2.30. The van der Waals surface area contributed by atoms with E-state index in [1.54, 1.807) is 6.08 Å². The molecule has 2 unspecified atom stereocenters. The molecule has 3 nitrogen and oxygen atoms in total. The highest BCUT2D eigenvalue weighted by Crippen LogP contribution is 2.00. The van der Waals surface area contributed by atoms with Crippen molar-refractivity contribution in [2.75, 3.05) is 12.8 Å². The largest absolute Gasteiger partial charge is 0.464 e. The summed E-state index contributed by atoms with van der Waals surface area (Å²) in [6.07, 6.45) is 3.38. The fourth-order valence-electron chi connectivity index (χ4n) is 0.741. The third-order valence-electron chi connectivity index (χ3n) is 1.51. The summed E-state index contributed by atoms with van der Waals surface area (Å²) in [4.78, 5) is 11.2. The van der Waals surface area contributed by atoms with E-state index in [0.717, 1.165) is 18.2 Å². The topological polar surface area (TPSA) is 52.3 Å². The van der Waals surface area contributed by atoms with Gasteiger partial charge in [-0.05, 0) is 19.5 Å². The van der Waals surface area contributed by atoms with Crippen LogP contribution >= 0.6 is 9.24 Å². The molecule has 0 spiro atoms. The Morgan fingerprint density at radius 2 is 2.31 bits per heavy atom. The van der Waals surface area contributed by atoms with E-state index in [0.29, 0.717) is 6.61 Å². The van der Waals surface area contributed by atoms with Crippen molar-refractivity contribution in [1.29, 1.82) is 0 Å². The van der Waals surface area contributed by atoms with Crippen LogP contribution in [-0.2, 0) is 9.53 Å². The van der Waals surface area contributed by atoms with Gasteiger partial charge in [0.05, 0.1) is 6.61 Å². The van der Waals surface area contributed by atoms with Crippen LogP contribution in [0.25, 0.3) is 0 Å². The molecular weight excluding hydrogens is 185 g/mol. The summed E-state index contributed by atoms with van der Waals surface area (Å²) in [6.45, 7) is 4.32.